The predicted molar refractivity (Wildman–Crippen MR) is 57.4 cm³/mol. The molecule has 1 atom stereocenters. The van der Waals surface area contributed by atoms with Crippen molar-refractivity contribution in [3.05, 3.63) is 0 Å². The van der Waals surface area contributed by atoms with Gasteiger partial charge in [-0.3, -0.25) is 4.79 Å². The van der Waals surface area contributed by atoms with Crippen LogP contribution in [0.25, 0.3) is 0 Å². The van der Waals surface area contributed by atoms with Crippen molar-refractivity contribution in [2.75, 3.05) is 6.61 Å². The molecule has 1 rings (SSSR count). The van der Waals surface area contributed by atoms with Gasteiger partial charge in [-0.2, -0.15) is 0 Å². The summed E-state index contributed by atoms with van der Waals surface area (Å²) in [7, 11) is -3.92. The molecule has 1 saturated carbocycles. The fraction of sp³-hybridized carbons (Fsp3) is 0.889. The highest BCUT2D eigenvalue weighted by Gasteiger charge is 2.40. The summed E-state index contributed by atoms with van der Waals surface area (Å²) in [6, 6.07) is 0. The maximum absolute atomic E-state index is 11.7. The van der Waals surface area contributed by atoms with Crippen LogP contribution < -0.4 is 4.72 Å². The third-order valence-electron chi connectivity index (χ3n) is 3.04. The lowest BCUT2D eigenvalue weighted by atomic mass is 10.0. The standard InChI is InChI=1S/C9H17NO5S/c1-7(8(12)13)16(14,15)10-9(6-11)4-2-3-5-9/h7,10-11H,2-6H2,1H3,(H,12,13). The van der Waals surface area contributed by atoms with Gasteiger partial charge in [0, 0.05) is 0 Å². The van der Waals surface area contributed by atoms with E-state index in [1.807, 2.05) is 0 Å². The minimum Gasteiger partial charge on any atom is -0.480 e. The van der Waals surface area contributed by atoms with Gasteiger partial charge >= 0.3 is 5.97 Å². The van der Waals surface area contributed by atoms with E-state index in [0.717, 1.165) is 19.8 Å². The average Bonchev–Trinajstić information content (AvgIpc) is 2.65. The van der Waals surface area contributed by atoms with Crippen LogP contribution >= 0.6 is 0 Å². The van der Waals surface area contributed by atoms with E-state index in [1.165, 1.54) is 0 Å². The third kappa shape index (κ3) is 2.72. The van der Waals surface area contributed by atoms with Gasteiger partial charge in [0.1, 0.15) is 0 Å². The fourth-order valence-electron chi connectivity index (χ4n) is 1.87. The van der Waals surface area contributed by atoms with E-state index in [0.29, 0.717) is 12.8 Å². The van der Waals surface area contributed by atoms with Crippen molar-refractivity contribution in [1.82, 2.24) is 4.72 Å². The van der Waals surface area contributed by atoms with Gasteiger partial charge in [0.25, 0.3) is 0 Å². The minimum absolute atomic E-state index is 0.293. The summed E-state index contributed by atoms with van der Waals surface area (Å²) in [5.74, 6) is -1.39. The van der Waals surface area contributed by atoms with Crippen molar-refractivity contribution in [3.8, 4) is 0 Å². The SMILES string of the molecule is CC(C(=O)O)S(=O)(=O)NC1(CO)CCCC1. The first kappa shape index (κ1) is 13.4. The van der Waals surface area contributed by atoms with Crippen molar-refractivity contribution in [1.29, 1.82) is 0 Å². The average molecular weight is 251 g/mol. The molecule has 0 amide bonds. The Morgan fingerprint density at radius 1 is 1.44 bits per heavy atom. The van der Waals surface area contributed by atoms with Crippen LogP contribution in [0.2, 0.25) is 0 Å². The lowest BCUT2D eigenvalue weighted by Gasteiger charge is -2.28. The normalized spacial score (nSPS) is 21.9. The number of aliphatic hydroxyl groups excluding tert-OH is 1. The van der Waals surface area contributed by atoms with E-state index in [4.69, 9.17) is 5.11 Å². The highest BCUT2D eigenvalue weighted by atomic mass is 32.2. The van der Waals surface area contributed by atoms with Gasteiger partial charge in [-0.05, 0) is 19.8 Å². The molecular formula is C9H17NO5S. The summed E-state index contributed by atoms with van der Waals surface area (Å²) in [5, 5.41) is 16.4. The second kappa shape index (κ2) is 4.68. The van der Waals surface area contributed by atoms with Crippen LogP contribution in [0, 0.1) is 0 Å². The number of carboxylic acid groups (broad SMARTS) is 1. The molecule has 6 nitrogen and oxygen atoms in total. The Morgan fingerprint density at radius 3 is 2.31 bits per heavy atom. The molecule has 16 heavy (non-hydrogen) atoms. The number of aliphatic carboxylic acids is 1. The molecule has 0 aromatic heterocycles. The fourth-order valence-corrected chi connectivity index (χ4v) is 3.18. The van der Waals surface area contributed by atoms with Crippen molar-refractivity contribution in [2.24, 2.45) is 0 Å². The molecule has 7 heteroatoms. The monoisotopic (exact) mass is 251 g/mol. The van der Waals surface area contributed by atoms with Gasteiger partial charge in [-0.25, -0.2) is 13.1 Å². The summed E-state index contributed by atoms with van der Waals surface area (Å²) in [6.45, 7) is 0.823. The Kier molecular flexibility index (Phi) is 3.92. The number of hydrogen-bond donors (Lipinski definition) is 3. The van der Waals surface area contributed by atoms with Crippen LogP contribution in [0.3, 0.4) is 0 Å². The molecule has 1 fully saturated rings. The topological polar surface area (TPSA) is 104 Å². The van der Waals surface area contributed by atoms with Crippen LogP contribution in [0.5, 0.6) is 0 Å². The number of aliphatic hydroxyl groups is 1. The first-order chi connectivity index (χ1) is 7.33. The molecule has 0 aromatic carbocycles. The molecule has 1 aliphatic carbocycles. The molecule has 3 N–H and O–H groups in total. The van der Waals surface area contributed by atoms with Crippen molar-refractivity contribution >= 4 is 16.0 Å². The predicted octanol–water partition coefficient (Wildman–Crippen LogP) is -0.316. The van der Waals surface area contributed by atoms with Crippen LogP contribution in [0.15, 0.2) is 0 Å². The van der Waals surface area contributed by atoms with Gasteiger partial charge < -0.3 is 10.2 Å². The maximum atomic E-state index is 11.7. The van der Waals surface area contributed by atoms with Crippen LogP contribution in [-0.2, 0) is 14.8 Å². The number of carbonyl (C=O) groups is 1. The zero-order chi connectivity index (χ0) is 12.4. The molecule has 1 unspecified atom stereocenters. The van der Waals surface area contributed by atoms with E-state index < -0.39 is 26.8 Å². The van der Waals surface area contributed by atoms with Crippen LogP contribution in [0.1, 0.15) is 32.6 Å². The van der Waals surface area contributed by atoms with Crippen LogP contribution in [0.4, 0.5) is 0 Å². The lowest BCUT2D eigenvalue weighted by Crippen LogP contribution is -2.52. The molecule has 0 heterocycles. The number of hydrogen-bond acceptors (Lipinski definition) is 4. The summed E-state index contributed by atoms with van der Waals surface area (Å²) in [5.41, 5.74) is -0.859. The van der Waals surface area contributed by atoms with Gasteiger partial charge in [0.15, 0.2) is 5.25 Å². The summed E-state index contributed by atoms with van der Waals surface area (Å²) in [4.78, 5) is 10.6. The molecule has 1 aliphatic rings. The van der Waals surface area contributed by atoms with Crippen molar-refractivity contribution in [2.45, 2.75) is 43.4 Å². The lowest BCUT2D eigenvalue weighted by molar-refractivity contribution is -0.136. The number of carboxylic acids is 1. The molecule has 0 spiro atoms. The molecule has 94 valence electrons. The van der Waals surface area contributed by atoms with Gasteiger partial charge in [-0.1, -0.05) is 12.8 Å². The largest absolute Gasteiger partial charge is 0.480 e. The second-order valence-electron chi connectivity index (χ2n) is 4.27. The number of sulfonamides is 1. The summed E-state index contributed by atoms with van der Waals surface area (Å²) in [6.07, 6.45) is 2.78. The summed E-state index contributed by atoms with van der Waals surface area (Å²) >= 11 is 0. The Bertz CT molecular complexity index is 358. The Labute approximate surface area is 94.7 Å². The Hall–Kier alpha value is -0.660. The van der Waals surface area contributed by atoms with Gasteiger partial charge in [0.2, 0.25) is 10.0 Å². The first-order valence-corrected chi connectivity index (χ1v) is 6.74. The number of rotatable bonds is 5. The minimum atomic E-state index is -3.92. The van der Waals surface area contributed by atoms with E-state index in [9.17, 15) is 18.3 Å². The summed E-state index contributed by atoms with van der Waals surface area (Å²) < 4.78 is 25.7. The third-order valence-corrected chi connectivity index (χ3v) is 4.89. The Balaban J connectivity index is 2.82. The molecule has 0 radical (unpaired) electrons. The van der Waals surface area contributed by atoms with Crippen molar-refractivity contribution < 1.29 is 23.4 Å². The molecule has 0 saturated heterocycles. The Morgan fingerprint density at radius 2 is 1.94 bits per heavy atom. The maximum Gasteiger partial charge on any atom is 0.323 e. The van der Waals surface area contributed by atoms with E-state index in [1.54, 1.807) is 0 Å². The first-order valence-electron chi connectivity index (χ1n) is 5.19. The zero-order valence-electron chi connectivity index (χ0n) is 9.14. The van der Waals surface area contributed by atoms with Crippen molar-refractivity contribution in [3.63, 3.8) is 0 Å². The quantitative estimate of drug-likeness (QED) is 0.621. The highest BCUT2D eigenvalue weighted by Crippen LogP contribution is 2.30. The molecular weight excluding hydrogens is 234 g/mol. The second-order valence-corrected chi connectivity index (χ2v) is 6.27. The van der Waals surface area contributed by atoms with Gasteiger partial charge in [0.05, 0.1) is 12.1 Å². The smallest absolute Gasteiger partial charge is 0.323 e. The van der Waals surface area contributed by atoms with Crippen LogP contribution in [-0.4, -0.2) is 42.0 Å². The molecule has 0 aromatic rings. The van der Waals surface area contributed by atoms with Gasteiger partial charge in [-0.15, -0.1) is 0 Å². The number of nitrogens with one attached hydrogen (secondary N) is 1. The molecule has 0 bridgehead atoms. The van der Waals surface area contributed by atoms with E-state index >= 15 is 0 Å². The highest BCUT2D eigenvalue weighted by molar-refractivity contribution is 7.90. The van der Waals surface area contributed by atoms with E-state index in [2.05, 4.69) is 4.72 Å². The molecule has 0 aliphatic heterocycles. The zero-order valence-corrected chi connectivity index (χ0v) is 9.96. The van der Waals surface area contributed by atoms with E-state index in [-0.39, 0.29) is 6.61 Å².